The first-order valence-electron chi connectivity index (χ1n) is 9.17. The van der Waals surface area contributed by atoms with E-state index >= 15 is 0 Å². The molecule has 0 radical (unpaired) electrons. The van der Waals surface area contributed by atoms with Gasteiger partial charge in [-0.25, -0.2) is 0 Å². The van der Waals surface area contributed by atoms with Crippen molar-refractivity contribution in [3.8, 4) is 0 Å². The van der Waals surface area contributed by atoms with Gasteiger partial charge in [-0.15, -0.1) is 24.0 Å². The van der Waals surface area contributed by atoms with Gasteiger partial charge in [-0.2, -0.15) is 0 Å². The summed E-state index contributed by atoms with van der Waals surface area (Å²) in [6, 6.07) is 0.676. The average Bonchev–Trinajstić information content (AvgIpc) is 2.97. The van der Waals surface area contributed by atoms with Crippen molar-refractivity contribution in [1.82, 2.24) is 20.4 Å². The van der Waals surface area contributed by atoms with Gasteiger partial charge in [-0.05, 0) is 65.2 Å². The molecule has 23 heavy (non-hydrogen) atoms. The van der Waals surface area contributed by atoms with Crippen LogP contribution in [-0.4, -0.2) is 74.7 Å². The molecule has 2 saturated heterocycles. The highest BCUT2D eigenvalue weighted by atomic mass is 127. The summed E-state index contributed by atoms with van der Waals surface area (Å²) in [7, 11) is 2.22. The Morgan fingerprint density at radius 2 is 1.91 bits per heavy atom. The molecule has 0 aromatic heterocycles. The lowest BCUT2D eigenvalue weighted by Crippen LogP contribution is -2.45. The van der Waals surface area contributed by atoms with E-state index < -0.39 is 0 Å². The number of halogens is 1. The number of hydrogen-bond acceptors (Lipinski definition) is 3. The summed E-state index contributed by atoms with van der Waals surface area (Å²) in [5.74, 6) is 1.71. The van der Waals surface area contributed by atoms with E-state index in [4.69, 9.17) is 4.99 Å². The molecule has 0 saturated carbocycles. The summed E-state index contributed by atoms with van der Waals surface area (Å²) >= 11 is 0. The number of nitrogens with one attached hydrogen (secondary N) is 2. The zero-order valence-corrected chi connectivity index (χ0v) is 17.5. The molecule has 0 aliphatic carbocycles. The monoisotopic (exact) mass is 437 g/mol. The predicted molar refractivity (Wildman–Crippen MR) is 110 cm³/mol. The number of hydrogen-bond donors (Lipinski definition) is 2. The van der Waals surface area contributed by atoms with Gasteiger partial charge >= 0.3 is 0 Å². The summed E-state index contributed by atoms with van der Waals surface area (Å²) in [5, 5.41) is 6.96. The summed E-state index contributed by atoms with van der Waals surface area (Å²) in [5.41, 5.74) is 0. The fourth-order valence-electron chi connectivity index (χ4n) is 3.74. The first kappa shape index (κ1) is 21.0. The quantitative estimate of drug-likeness (QED) is 0.379. The van der Waals surface area contributed by atoms with Crippen LogP contribution in [0, 0.1) is 5.92 Å². The topological polar surface area (TPSA) is 42.9 Å². The third kappa shape index (κ3) is 7.13. The van der Waals surface area contributed by atoms with E-state index in [-0.39, 0.29) is 24.0 Å². The molecular weight excluding hydrogens is 401 g/mol. The zero-order valence-electron chi connectivity index (χ0n) is 15.2. The molecule has 2 fully saturated rings. The lowest BCUT2D eigenvalue weighted by molar-refractivity contribution is 0.214. The Kier molecular flexibility index (Phi) is 10.5. The van der Waals surface area contributed by atoms with Gasteiger partial charge in [0.1, 0.15) is 0 Å². The van der Waals surface area contributed by atoms with E-state index in [1.807, 2.05) is 0 Å². The fraction of sp³-hybridized carbons (Fsp3) is 0.941. The molecule has 2 heterocycles. The number of likely N-dealkylation sites (tertiary alicyclic amines) is 2. The molecule has 2 unspecified atom stereocenters. The standard InChI is InChI=1S/C17H35N5.HI/c1-4-18-17(19-12-15-8-6-10-21(3)14-15)20-13-16-9-7-11-22(16)5-2;/h15-16H,4-14H2,1-3H3,(H2,18,19,20);1H. The first-order valence-corrected chi connectivity index (χ1v) is 9.17. The van der Waals surface area contributed by atoms with Gasteiger partial charge < -0.3 is 15.5 Å². The van der Waals surface area contributed by atoms with E-state index in [0.717, 1.165) is 32.1 Å². The molecule has 2 atom stereocenters. The van der Waals surface area contributed by atoms with Crippen LogP contribution in [0.5, 0.6) is 0 Å². The van der Waals surface area contributed by atoms with E-state index in [9.17, 15) is 0 Å². The van der Waals surface area contributed by atoms with Gasteiger partial charge in [0, 0.05) is 32.2 Å². The number of piperidine rings is 1. The first-order chi connectivity index (χ1) is 10.7. The van der Waals surface area contributed by atoms with Gasteiger partial charge in [0.05, 0.1) is 0 Å². The minimum absolute atomic E-state index is 0. The normalized spacial score (nSPS) is 26.8. The van der Waals surface area contributed by atoms with Crippen molar-refractivity contribution >= 4 is 29.9 Å². The van der Waals surface area contributed by atoms with E-state index in [2.05, 4.69) is 41.3 Å². The van der Waals surface area contributed by atoms with Crippen LogP contribution in [0.25, 0.3) is 0 Å². The van der Waals surface area contributed by atoms with Crippen molar-refractivity contribution in [2.75, 3.05) is 52.9 Å². The summed E-state index contributed by atoms with van der Waals surface area (Å²) < 4.78 is 0. The van der Waals surface area contributed by atoms with Crippen LogP contribution in [0.2, 0.25) is 0 Å². The Hall–Kier alpha value is -0.0800. The van der Waals surface area contributed by atoms with Crippen LogP contribution in [0.1, 0.15) is 39.5 Å². The predicted octanol–water partition coefficient (Wildman–Crippen LogP) is 1.99. The van der Waals surface area contributed by atoms with Gasteiger partial charge in [0.2, 0.25) is 0 Å². The Balaban J connectivity index is 0.00000264. The highest BCUT2D eigenvalue weighted by molar-refractivity contribution is 14.0. The summed E-state index contributed by atoms with van der Waals surface area (Å²) in [6.45, 7) is 12.1. The average molecular weight is 437 g/mol. The molecule has 136 valence electrons. The van der Waals surface area contributed by atoms with Crippen LogP contribution in [0.15, 0.2) is 4.99 Å². The highest BCUT2D eigenvalue weighted by Gasteiger charge is 2.23. The largest absolute Gasteiger partial charge is 0.357 e. The van der Waals surface area contributed by atoms with Crippen molar-refractivity contribution in [2.24, 2.45) is 10.9 Å². The Morgan fingerprint density at radius 1 is 1.13 bits per heavy atom. The number of likely N-dealkylation sites (N-methyl/N-ethyl adjacent to an activating group) is 1. The molecule has 0 aromatic rings. The van der Waals surface area contributed by atoms with Crippen LogP contribution < -0.4 is 10.6 Å². The number of nitrogens with zero attached hydrogens (tertiary/aromatic N) is 3. The van der Waals surface area contributed by atoms with Crippen molar-refractivity contribution in [1.29, 1.82) is 0 Å². The fourth-order valence-corrected chi connectivity index (χ4v) is 3.74. The minimum atomic E-state index is 0. The van der Waals surface area contributed by atoms with Gasteiger partial charge in [0.15, 0.2) is 5.96 Å². The smallest absolute Gasteiger partial charge is 0.191 e. The van der Waals surface area contributed by atoms with Crippen molar-refractivity contribution in [2.45, 2.75) is 45.6 Å². The van der Waals surface area contributed by atoms with E-state index in [1.54, 1.807) is 0 Å². The third-order valence-electron chi connectivity index (χ3n) is 4.98. The molecule has 2 aliphatic heterocycles. The summed E-state index contributed by atoms with van der Waals surface area (Å²) in [6.07, 6.45) is 5.28. The molecule has 6 heteroatoms. The lowest BCUT2D eigenvalue weighted by Gasteiger charge is -2.29. The van der Waals surface area contributed by atoms with Crippen molar-refractivity contribution in [3.63, 3.8) is 0 Å². The molecular formula is C17H36IN5. The number of guanidine groups is 1. The highest BCUT2D eigenvalue weighted by Crippen LogP contribution is 2.16. The van der Waals surface area contributed by atoms with Crippen LogP contribution >= 0.6 is 24.0 Å². The molecule has 0 amide bonds. The van der Waals surface area contributed by atoms with Crippen LogP contribution in [0.4, 0.5) is 0 Å². The Bertz CT molecular complexity index is 350. The van der Waals surface area contributed by atoms with Crippen LogP contribution in [-0.2, 0) is 0 Å². The van der Waals surface area contributed by atoms with E-state index in [1.165, 1.54) is 45.3 Å². The second kappa shape index (κ2) is 11.5. The maximum atomic E-state index is 4.83. The molecule has 0 spiro atoms. The van der Waals surface area contributed by atoms with Crippen molar-refractivity contribution in [3.05, 3.63) is 0 Å². The van der Waals surface area contributed by atoms with Crippen molar-refractivity contribution < 1.29 is 0 Å². The zero-order chi connectivity index (χ0) is 15.8. The SMILES string of the molecule is CCNC(=NCC1CCCN(C)C1)NCC1CCCN1CC.I. The number of rotatable bonds is 6. The maximum absolute atomic E-state index is 4.83. The van der Waals surface area contributed by atoms with Gasteiger partial charge in [0.25, 0.3) is 0 Å². The van der Waals surface area contributed by atoms with E-state index in [0.29, 0.717) is 12.0 Å². The molecule has 2 aliphatic rings. The van der Waals surface area contributed by atoms with Gasteiger partial charge in [-0.1, -0.05) is 6.92 Å². The second-order valence-corrected chi connectivity index (χ2v) is 6.80. The molecule has 2 rings (SSSR count). The van der Waals surface area contributed by atoms with Crippen LogP contribution in [0.3, 0.4) is 0 Å². The molecule has 5 nitrogen and oxygen atoms in total. The maximum Gasteiger partial charge on any atom is 0.191 e. The molecule has 2 N–H and O–H groups in total. The number of aliphatic imine (C=N–C) groups is 1. The second-order valence-electron chi connectivity index (χ2n) is 6.80. The van der Waals surface area contributed by atoms with Gasteiger partial charge in [-0.3, -0.25) is 9.89 Å². The third-order valence-corrected chi connectivity index (χ3v) is 4.98. The summed E-state index contributed by atoms with van der Waals surface area (Å²) in [4.78, 5) is 9.84. The lowest BCUT2D eigenvalue weighted by atomic mass is 9.99. The Labute approximate surface area is 159 Å². The molecule has 0 aromatic carbocycles. The molecule has 0 bridgehead atoms. The Morgan fingerprint density at radius 3 is 2.61 bits per heavy atom. The minimum Gasteiger partial charge on any atom is -0.357 e.